The van der Waals surface area contributed by atoms with Crippen molar-refractivity contribution in [1.82, 2.24) is 10.6 Å². The lowest BCUT2D eigenvalue weighted by molar-refractivity contribution is -0.142. The molecule has 0 fully saturated rings. The predicted molar refractivity (Wildman–Crippen MR) is 114 cm³/mol. The van der Waals surface area contributed by atoms with E-state index in [2.05, 4.69) is 10.6 Å². The Hall–Kier alpha value is -3.39. The number of hydrogen-bond acceptors (Lipinski definition) is 5. The van der Waals surface area contributed by atoms with E-state index in [-0.39, 0.29) is 25.6 Å². The summed E-state index contributed by atoms with van der Waals surface area (Å²) in [5.41, 5.74) is 4.39. The standard InChI is InChI=1S/C23H26N2O6/c1-3-19(22(27)28)24-21(26)20(13-30-2)25-23(29)31-12-18-16-10-6-4-8-14(16)15-9-5-7-11-17(15)18/h4-11,18-20H,3,12-13H2,1-2H3,(H,24,26)(H,25,29)(H,27,28)/t19-,20-/m0/s1. The summed E-state index contributed by atoms with van der Waals surface area (Å²) in [6.45, 7) is 1.63. The largest absolute Gasteiger partial charge is 0.480 e. The number of ether oxygens (including phenoxy) is 2. The van der Waals surface area contributed by atoms with Gasteiger partial charge in [0, 0.05) is 13.0 Å². The van der Waals surface area contributed by atoms with Gasteiger partial charge in [0.1, 0.15) is 18.7 Å². The molecule has 3 N–H and O–H groups in total. The van der Waals surface area contributed by atoms with Crippen LogP contribution in [0.5, 0.6) is 0 Å². The van der Waals surface area contributed by atoms with E-state index in [4.69, 9.17) is 14.6 Å². The number of hydrogen-bond donors (Lipinski definition) is 3. The van der Waals surface area contributed by atoms with E-state index in [0.717, 1.165) is 22.3 Å². The third kappa shape index (κ3) is 5.03. The average molecular weight is 426 g/mol. The summed E-state index contributed by atoms with van der Waals surface area (Å²) in [6.07, 6.45) is -0.562. The fourth-order valence-electron chi connectivity index (χ4n) is 3.74. The van der Waals surface area contributed by atoms with Crippen LogP contribution in [0, 0.1) is 0 Å². The molecule has 2 amide bonds. The van der Waals surface area contributed by atoms with Gasteiger partial charge in [-0.25, -0.2) is 9.59 Å². The molecule has 2 aromatic rings. The number of carboxylic acids is 1. The molecule has 0 spiro atoms. The van der Waals surface area contributed by atoms with Gasteiger partial charge in [-0.2, -0.15) is 0 Å². The third-order valence-electron chi connectivity index (χ3n) is 5.31. The highest BCUT2D eigenvalue weighted by atomic mass is 16.5. The maximum absolute atomic E-state index is 12.4. The predicted octanol–water partition coefficient (Wildman–Crippen LogP) is 2.52. The van der Waals surface area contributed by atoms with Crippen molar-refractivity contribution < 1.29 is 29.0 Å². The summed E-state index contributed by atoms with van der Waals surface area (Å²) < 4.78 is 10.4. The topological polar surface area (TPSA) is 114 Å². The van der Waals surface area contributed by atoms with Crippen LogP contribution in [0.15, 0.2) is 48.5 Å². The van der Waals surface area contributed by atoms with Gasteiger partial charge in [0.2, 0.25) is 5.91 Å². The minimum Gasteiger partial charge on any atom is -0.480 e. The van der Waals surface area contributed by atoms with Gasteiger partial charge in [0.15, 0.2) is 0 Å². The fourth-order valence-corrected chi connectivity index (χ4v) is 3.74. The molecule has 0 saturated heterocycles. The van der Waals surface area contributed by atoms with Gasteiger partial charge in [0.25, 0.3) is 0 Å². The van der Waals surface area contributed by atoms with E-state index >= 15 is 0 Å². The molecule has 164 valence electrons. The molecule has 1 aliphatic carbocycles. The maximum Gasteiger partial charge on any atom is 0.407 e. The molecule has 2 atom stereocenters. The number of amides is 2. The Kier molecular flexibility index (Phi) is 7.25. The van der Waals surface area contributed by atoms with E-state index in [1.54, 1.807) is 6.92 Å². The van der Waals surface area contributed by atoms with Crippen LogP contribution in [0.1, 0.15) is 30.4 Å². The van der Waals surface area contributed by atoms with Gasteiger partial charge in [-0.15, -0.1) is 0 Å². The summed E-state index contributed by atoms with van der Waals surface area (Å²) in [5, 5.41) is 14.0. The third-order valence-corrected chi connectivity index (χ3v) is 5.31. The summed E-state index contributed by atoms with van der Waals surface area (Å²) >= 11 is 0. The van der Waals surface area contributed by atoms with Gasteiger partial charge in [-0.1, -0.05) is 55.5 Å². The number of alkyl carbamates (subject to hydrolysis) is 1. The maximum atomic E-state index is 12.4. The Balaban J connectivity index is 1.64. The Morgan fingerprint density at radius 3 is 2.06 bits per heavy atom. The van der Waals surface area contributed by atoms with Crippen molar-refractivity contribution >= 4 is 18.0 Å². The van der Waals surface area contributed by atoms with Crippen molar-refractivity contribution in [3.05, 3.63) is 59.7 Å². The number of carbonyl (C=O) groups is 3. The van der Waals surface area contributed by atoms with Crippen LogP contribution < -0.4 is 10.6 Å². The first-order valence-electron chi connectivity index (χ1n) is 10.1. The molecule has 31 heavy (non-hydrogen) atoms. The number of carbonyl (C=O) groups excluding carboxylic acids is 2. The van der Waals surface area contributed by atoms with E-state index in [9.17, 15) is 14.4 Å². The quantitative estimate of drug-likeness (QED) is 0.568. The fraction of sp³-hybridized carbons (Fsp3) is 0.348. The molecule has 3 rings (SSSR count). The number of methoxy groups -OCH3 is 1. The number of nitrogens with one attached hydrogen (secondary N) is 2. The molecule has 8 heteroatoms. The van der Waals surface area contributed by atoms with Gasteiger partial charge in [0.05, 0.1) is 6.61 Å². The van der Waals surface area contributed by atoms with E-state index in [0.29, 0.717) is 0 Å². The van der Waals surface area contributed by atoms with Crippen molar-refractivity contribution in [1.29, 1.82) is 0 Å². The molecule has 0 saturated carbocycles. The van der Waals surface area contributed by atoms with Crippen LogP contribution >= 0.6 is 0 Å². The summed E-state index contributed by atoms with van der Waals surface area (Å²) in [6, 6.07) is 13.8. The van der Waals surface area contributed by atoms with Crippen molar-refractivity contribution in [2.24, 2.45) is 0 Å². The minimum atomic E-state index is -1.15. The summed E-state index contributed by atoms with van der Waals surface area (Å²) in [4.78, 5) is 36.0. The first kappa shape index (κ1) is 22.3. The minimum absolute atomic E-state index is 0.105. The first-order valence-corrected chi connectivity index (χ1v) is 10.1. The van der Waals surface area contributed by atoms with Crippen LogP contribution in [0.2, 0.25) is 0 Å². The van der Waals surface area contributed by atoms with Gasteiger partial charge in [-0.05, 0) is 28.7 Å². The highest BCUT2D eigenvalue weighted by molar-refractivity contribution is 5.89. The number of rotatable bonds is 9. The van der Waals surface area contributed by atoms with Gasteiger partial charge >= 0.3 is 12.1 Å². The molecule has 8 nitrogen and oxygen atoms in total. The second kappa shape index (κ2) is 10.1. The lowest BCUT2D eigenvalue weighted by Gasteiger charge is -2.21. The summed E-state index contributed by atoms with van der Waals surface area (Å²) in [7, 11) is 1.38. The molecular weight excluding hydrogens is 400 g/mol. The Labute approximate surface area is 180 Å². The van der Waals surface area contributed by atoms with Crippen LogP contribution in [0.3, 0.4) is 0 Å². The number of benzene rings is 2. The molecule has 0 aliphatic heterocycles. The van der Waals surface area contributed by atoms with E-state index in [1.807, 2.05) is 48.5 Å². The molecule has 0 heterocycles. The second-order valence-corrected chi connectivity index (χ2v) is 7.29. The zero-order valence-corrected chi connectivity index (χ0v) is 17.5. The van der Waals surface area contributed by atoms with Crippen molar-refractivity contribution in [2.45, 2.75) is 31.3 Å². The Morgan fingerprint density at radius 1 is 0.968 bits per heavy atom. The molecule has 0 unspecified atom stereocenters. The normalized spacial score (nSPS) is 14.1. The molecular formula is C23H26N2O6. The van der Waals surface area contributed by atoms with Crippen LogP contribution in [0.25, 0.3) is 11.1 Å². The molecule has 2 aromatic carbocycles. The molecule has 0 aromatic heterocycles. The van der Waals surface area contributed by atoms with Crippen LogP contribution in [-0.2, 0) is 19.1 Å². The van der Waals surface area contributed by atoms with Crippen molar-refractivity contribution in [2.75, 3.05) is 20.3 Å². The Morgan fingerprint density at radius 2 is 1.55 bits per heavy atom. The van der Waals surface area contributed by atoms with Gasteiger partial charge < -0.3 is 25.2 Å². The highest BCUT2D eigenvalue weighted by Crippen LogP contribution is 2.44. The van der Waals surface area contributed by atoms with Crippen LogP contribution in [-0.4, -0.2) is 55.5 Å². The average Bonchev–Trinajstić information content (AvgIpc) is 3.09. The first-order chi connectivity index (χ1) is 15.0. The van der Waals surface area contributed by atoms with E-state index in [1.165, 1.54) is 7.11 Å². The zero-order chi connectivity index (χ0) is 22.4. The van der Waals surface area contributed by atoms with Crippen LogP contribution in [0.4, 0.5) is 4.79 Å². The Bertz CT molecular complexity index is 915. The SMILES string of the molecule is CC[C@H](NC(=O)[C@H](COC)NC(=O)OCC1c2ccccc2-c2ccccc21)C(=O)O. The lowest BCUT2D eigenvalue weighted by Crippen LogP contribution is -2.53. The molecule has 0 radical (unpaired) electrons. The smallest absolute Gasteiger partial charge is 0.407 e. The number of carboxylic acid groups (broad SMARTS) is 1. The monoisotopic (exact) mass is 426 g/mol. The number of fused-ring (bicyclic) bond motifs is 3. The van der Waals surface area contributed by atoms with Crippen molar-refractivity contribution in [3.63, 3.8) is 0 Å². The molecule has 0 bridgehead atoms. The second-order valence-electron chi connectivity index (χ2n) is 7.29. The lowest BCUT2D eigenvalue weighted by atomic mass is 9.98. The number of aliphatic carboxylic acids is 1. The summed E-state index contributed by atoms with van der Waals surface area (Å²) in [5.74, 6) is -1.90. The van der Waals surface area contributed by atoms with Gasteiger partial charge in [-0.3, -0.25) is 4.79 Å². The van der Waals surface area contributed by atoms with Crippen molar-refractivity contribution in [3.8, 4) is 11.1 Å². The molecule has 1 aliphatic rings. The zero-order valence-electron chi connectivity index (χ0n) is 17.5. The highest BCUT2D eigenvalue weighted by Gasteiger charge is 2.30. The van der Waals surface area contributed by atoms with E-state index < -0.39 is 30.1 Å².